The third kappa shape index (κ3) is 2.58. The second-order valence-electron chi connectivity index (χ2n) is 5.86. The average Bonchev–Trinajstić information content (AvgIpc) is 3.27. The van der Waals surface area contributed by atoms with E-state index in [0.717, 1.165) is 5.56 Å². The van der Waals surface area contributed by atoms with Gasteiger partial charge < -0.3 is 10.2 Å². The maximum Gasteiger partial charge on any atom is 0.182 e. The van der Waals surface area contributed by atoms with E-state index in [0.29, 0.717) is 5.02 Å². The summed E-state index contributed by atoms with van der Waals surface area (Å²) in [5.41, 5.74) is -0.252. The van der Waals surface area contributed by atoms with E-state index >= 15 is 0 Å². The first-order valence-electron chi connectivity index (χ1n) is 7.23. The molecule has 6 heteroatoms. The average molecular weight is 353 g/mol. The van der Waals surface area contributed by atoms with Gasteiger partial charge in [0.15, 0.2) is 9.84 Å². The van der Waals surface area contributed by atoms with Crippen LogP contribution in [0, 0.1) is 5.41 Å². The van der Waals surface area contributed by atoms with Gasteiger partial charge >= 0.3 is 0 Å². The summed E-state index contributed by atoms with van der Waals surface area (Å²) in [5.74, 6) is -0.431. The Bertz CT molecular complexity index is 783. The summed E-state index contributed by atoms with van der Waals surface area (Å²) >= 11 is 5.82. The highest BCUT2D eigenvalue weighted by Gasteiger charge is 2.70. The highest BCUT2D eigenvalue weighted by molar-refractivity contribution is 7.92. The zero-order valence-corrected chi connectivity index (χ0v) is 13.8. The monoisotopic (exact) mass is 352 g/mol. The van der Waals surface area contributed by atoms with Gasteiger partial charge in [-0.3, -0.25) is 0 Å². The number of hydrogen-bond donors (Lipinski definition) is 2. The topological polar surface area (TPSA) is 74.6 Å². The lowest BCUT2D eigenvalue weighted by molar-refractivity contribution is 0.130. The highest BCUT2D eigenvalue weighted by Crippen LogP contribution is 2.63. The predicted octanol–water partition coefficient (Wildman–Crippen LogP) is 2.25. The number of halogens is 1. The molecule has 1 fully saturated rings. The number of rotatable bonds is 5. The van der Waals surface area contributed by atoms with Gasteiger partial charge in [-0.1, -0.05) is 41.9 Å². The van der Waals surface area contributed by atoms with Crippen molar-refractivity contribution in [1.82, 2.24) is 0 Å². The fourth-order valence-corrected chi connectivity index (χ4v) is 5.86. The van der Waals surface area contributed by atoms with Crippen LogP contribution in [0.1, 0.15) is 11.5 Å². The summed E-state index contributed by atoms with van der Waals surface area (Å²) in [6.07, 6.45) is 0. The van der Waals surface area contributed by atoms with Crippen molar-refractivity contribution >= 4 is 21.4 Å². The predicted molar refractivity (Wildman–Crippen MR) is 88.2 cm³/mol. The Morgan fingerprint density at radius 3 is 2.04 bits per heavy atom. The van der Waals surface area contributed by atoms with E-state index < -0.39 is 26.4 Å². The van der Waals surface area contributed by atoms with Crippen LogP contribution in [0.25, 0.3) is 0 Å². The fraction of sp³-hybridized carbons (Fsp3) is 0.294. The molecule has 3 rings (SSSR count). The van der Waals surface area contributed by atoms with E-state index in [4.69, 9.17) is 11.6 Å². The summed E-state index contributed by atoms with van der Waals surface area (Å²) < 4.78 is 25.9. The van der Waals surface area contributed by atoms with Crippen LogP contribution in [0.15, 0.2) is 59.5 Å². The van der Waals surface area contributed by atoms with E-state index in [1.54, 1.807) is 0 Å². The van der Waals surface area contributed by atoms with Crippen molar-refractivity contribution in [2.75, 3.05) is 13.2 Å². The number of hydrogen-bond acceptors (Lipinski definition) is 4. The van der Waals surface area contributed by atoms with Crippen LogP contribution in [-0.2, 0) is 9.84 Å². The van der Waals surface area contributed by atoms with Gasteiger partial charge in [-0.15, -0.1) is 0 Å². The van der Waals surface area contributed by atoms with Gasteiger partial charge in [0.1, 0.15) is 0 Å². The minimum Gasteiger partial charge on any atom is -0.396 e. The minimum absolute atomic E-state index is 0.150. The van der Waals surface area contributed by atoms with Crippen LogP contribution < -0.4 is 0 Å². The van der Waals surface area contributed by atoms with Gasteiger partial charge in [-0.2, -0.15) is 0 Å². The molecule has 0 spiro atoms. The number of aliphatic hydroxyl groups is 2. The summed E-state index contributed by atoms with van der Waals surface area (Å²) in [6, 6.07) is 15.1. The van der Waals surface area contributed by atoms with Crippen molar-refractivity contribution in [1.29, 1.82) is 0 Å². The molecular weight excluding hydrogens is 336 g/mol. The van der Waals surface area contributed by atoms with Gasteiger partial charge in [-0.25, -0.2) is 8.42 Å². The number of sulfone groups is 1. The molecule has 2 aromatic rings. The number of aliphatic hydroxyl groups excluding tert-OH is 2. The normalized spacial score (nSPS) is 22.7. The van der Waals surface area contributed by atoms with Crippen molar-refractivity contribution in [2.24, 2.45) is 5.41 Å². The first-order chi connectivity index (χ1) is 11.0. The molecule has 0 aromatic heterocycles. The lowest BCUT2D eigenvalue weighted by atomic mass is 10.0. The standard InChI is InChI=1S/C17H17ClO4S/c18-13-6-8-14(9-7-13)23(21,22)16-15(17(16,10-19)11-20)12-4-2-1-3-5-12/h1-9,15-16,19-20H,10-11H2/t15-,16-/m1/s1. The maximum absolute atomic E-state index is 13.0. The van der Waals surface area contributed by atoms with Crippen LogP contribution in [-0.4, -0.2) is 37.1 Å². The first-order valence-corrected chi connectivity index (χ1v) is 9.16. The Morgan fingerprint density at radius 2 is 1.52 bits per heavy atom. The molecule has 0 amide bonds. The lowest BCUT2D eigenvalue weighted by Crippen LogP contribution is -2.23. The van der Waals surface area contributed by atoms with Gasteiger partial charge in [0.2, 0.25) is 0 Å². The molecule has 0 bridgehead atoms. The van der Waals surface area contributed by atoms with Crippen molar-refractivity contribution in [3.8, 4) is 0 Å². The van der Waals surface area contributed by atoms with E-state index in [1.807, 2.05) is 30.3 Å². The Labute approximate surface area is 140 Å². The molecule has 0 unspecified atom stereocenters. The fourth-order valence-electron chi connectivity index (χ4n) is 3.31. The molecule has 23 heavy (non-hydrogen) atoms. The van der Waals surface area contributed by atoms with Gasteiger partial charge in [0.05, 0.1) is 23.4 Å². The summed E-state index contributed by atoms with van der Waals surface area (Å²) in [6.45, 7) is -0.777. The van der Waals surface area contributed by atoms with Crippen molar-refractivity contribution in [2.45, 2.75) is 16.1 Å². The van der Waals surface area contributed by atoms with E-state index in [2.05, 4.69) is 0 Å². The van der Waals surface area contributed by atoms with Crippen molar-refractivity contribution < 1.29 is 18.6 Å². The SMILES string of the molecule is O=S(=O)(c1ccc(Cl)cc1)[C@@H]1[C@@H](c2ccccc2)C1(CO)CO. The largest absolute Gasteiger partial charge is 0.396 e. The van der Waals surface area contributed by atoms with Crippen LogP contribution in [0.2, 0.25) is 5.02 Å². The van der Waals surface area contributed by atoms with Crippen LogP contribution in [0.3, 0.4) is 0 Å². The summed E-state index contributed by atoms with van der Waals surface area (Å²) in [7, 11) is -3.69. The summed E-state index contributed by atoms with van der Waals surface area (Å²) in [4.78, 5) is 0.150. The molecule has 1 aliphatic rings. The third-order valence-electron chi connectivity index (χ3n) is 4.60. The second-order valence-corrected chi connectivity index (χ2v) is 8.36. The van der Waals surface area contributed by atoms with Crippen LogP contribution >= 0.6 is 11.6 Å². The van der Waals surface area contributed by atoms with Crippen LogP contribution in [0.5, 0.6) is 0 Å². The van der Waals surface area contributed by atoms with Gasteiger partial charge in [0, 0.05) is 16.4 Å². The Hall–Kier alpha value is -1.40. The molecule has 1 aliphatic carbocycles. The zero-order chi connectivity index (χ0) is 16.7. The highest BCUT2D eigenvalue weighted by atomic mass is 35.5. The molecule has 4 nitrogen and oxygen atoms in total. The smallest absolute Gasteiger partial charge is 0.182 e. The van der Waals surface area contributed by atoms with Gasteiger partial charge in [-0.05, 0) is 29.8 Å². The van der Waals surface area contributed by atoms with Crippen molar-refractivity contribution in [3.05, 3.63) is 65.2 Å². The van der Waals surface area contributed by atoms with Crippen LogP contribution in [0.4, 0.5) is 0 Å². The molecule has 1 saturated carbocycles. The van der Waals surface area contributed by atoms with E-state index in [-0.39, 0.29) is 18.1 Å². The van der Waals surface area contributed by atoms with E-state index in [1.165, 1.54) is 24.3 Å². The molecule has 2 atom stereocenters. The molecule has 0 radical (unpaired) electrons. The third-order valence-corrected chi connectivity index (χ3v) is 7.19. The molecule has 0 heterocycles. The molecule has 0 aliphatic heterocycles. The maximum atomic E-state index is 13.0. The Morgan fingerprint density at radius 1 is 0.957 bits per heavy atom. The van der Waals surface area contributed by atoms with Gasteiger partial charge in [0.25, 0.3) is 0 Å². The zero-order valence-electron chi connectivity index (χ0n) is 12.3. The quantitative estimate of drug-likeness (QED) is 0.865. The van der Waals surface area contributed by atoms with Crippen molar-refractivity contribution in [3.63, 3.8) is 0 Å². The molecular formula is C17H17ClO4S. The van der Waals surface area contributed by atoms with E-state index in [9.17, 15) is 18.6 Å². The molecule has 2 N–H and O–H groups in total. The second kappa shape index (κ2) is 5.91. The molecule has 2 aromatic carbocycles. The summed E-state index contributed by atoms with van der Waals surface area (Å²) in [5, 5.41) is 19.1. The first kappa shape index (κ1) is 16.5. The Balaban J connectivity index is 2.05. The molecule has 0 saturated heterocycles. The number of benzene rings is 2. The minimum atomic E-state index is -3.69. The lowest BCUT2D eigenvalue weighted by Gasteiger charge is -2.11. The Kier molecular flexibility index (Phi) is 4.23. The molecule has 122 valence electrons.